The van der Waals surface area contributed by atoms with Gasteiger partial charge in [-0.1, -0.05) is 6.92 Å². The van der Waals surface area contributed by atoms with Crippen LogP contribution >= 0.6 is 0 Å². The third-order valence-corrected chi connectivity index (χ3v) is 7.27. The van der Waals surface area contributed by atoms with Crippen molar-refractivity contribution < 1.29 is 22.3 Å². The molecule has 2 aliphatic heterocycles. The van der Waals surface area contributed by atoms with Gasteiger partial charge in [0.05, 0.1) is 22.7 Å². The second kappa shape index (κ2) is 9.72. The number of hydrogen-bond acceptors (Lipinski definition) is 5. The molecule has 2 unspecified atom stereocenters. The van der Waals surface area contributed by atoms with Crippen molar-refractivity contribution in [2.24, 2.45) is 5.92 Å². The molecule has 9 heteroatoms. The minimum atomic E-state index is -3.75. The summed E-state index contributed by atoms with van der Waals surface area (Å²) in [6.45, 7) is 9.96. The lowest BCUT2D eigenvalue weighted by Gasteiger charge is -2.39. The van der Waals surface area contributed by atoms with Gasteiger partial charge in [-0.25, -0.2) is 17.5 Å². The Hall–Kier alpha value is -1.55. The first kappa shape index (κ1) is 23.1. The number of piperidine rings is 1. The van der Waals surface area contributed by atoms with Crippen LogP contribution in [0.15, 0.2) is 23.1 Å². The van der Waals surface area contributed by atoms with Crippen LogP contribution in [0, 0.1) is 11.7 Å². The first-order valence-electron chi connectivity index (χ1n) is 10.7. The molecule has 7 nitrogen and oxygen atoms in total. The molecule has 0 radical (unpaired) electrons. The van der Waals surface area contributed by atoms with Gasteiger partial charge in [-0.15, -0.1) is 0 Å². The molecule has 0 aromatic heterocycles. The van der Waals surface area contributed by atoms with Crippen LogP contribution in [0.25, 0.3) is 0 Å². The zero-order valence-corrected chi connectivity index (χ0v) is 18.8. The molecule has 0 saturated carbocycles. The molecule has 1 N–H and O–H groups in total. The molecule has 0 aliphatic carbocycles. The predicted molar refractivity (Wildman–Crippen MR) is 112 cm³/mol. The zero-order chi connectivity index (χ0) is 21.9. The summed E-state index contributed by atoms with van der Waals surface area (Å²) in [4.78, 5) is 16.8. The van der Waals surface area contributed by atoms with Crippen molar-refractivity contribution in [3.63, 3.8) is 0 Å². The molecular weight excluding hydrogens is 409 g/mol. The third-order valence-electron chi connectivity index (χ3n) is 5.73. The summed E-state index contributed by atoms with van der Waals surface area (Å²) in [5.74, 6) is -0.668. The van der Waals surface area contributed by atoms with Crippen LogP contribution in [-0.2, 0) is 14.8 Å². The number of morpholine rings is 1. The van der Waals surface area contributed by atoms with E-state index in [1.807, 2.05) is 0 Å². The van der Waals surface area contributed by atoms with Gasteiger partial charge < -0.3 is 9.64 Å². The van der Waals surface area contributed by atoms with Crippen molar-refractivity contribution in [3.8, 4) is 0 Å². The number of likely N-dealkylation sites (tertiary alicyclic amines) is 1. The Labute approximate surface area is 178 Å². The van der Waals surface area contributed by atoms with Crippen LogP contribution in [0.3, 0.4) is 0 Å². The van der Waals surface area contributed by atoms with Crippen molar-refractivity contribution in [1.29, 1.82) is 0 Å². The zero-order valence-electron chi connectivity index (χ0n) is 17.9. The fourth-order valence-corrected chi connectivity index (χ4v) is 5.46. The minimum Gasteiger partial charge on any atom is -0.373 e. The number of rotatable bonds is 6. The summed E-state index contributed by atoms with van der Waals surface area (Å²) >= 11 is 0. The van der Waals surface area contributed by atoms with Crippen LogP contribution < -0.4 is 4.72 Å². The lowest BCUT2D eigenvalue weighted by atomic mass is 9.95. The topological polar surface area (TPSA) is 79.0 Å². The number of carbonyl (C=O) groups excluding carboxylic acids is 1. The highest BCUT2D eigenvalue weighted by molar-refractivity contribution is 7.89. The Morgan fingerprint density at radius 2 is 1.83 bits per heavy atom. The Balaban J connectivity index is 1.61. The molecule has 2 atom stereocenters. The first-order chi connectivity index (χ1) is 14.2. The van der Waals surface area contributed by atoms with Crippen molar-refractivity contribution in [2.45, 2.75) is 50.7 Å². The normalized spacial score (nSPS) is 24.2. The maximum Gasteiger partial charge on any atom is 0.256 e. The molecule has 30 heavy (non-hydrogen) atoms. The van der Waals surface area contributed by atoms with Gasteiger partial charge in [0.1, 0.15) is 5.82 Å². The van der Waals surface area contributed by atoms with E-state index in [1.165, 1.54) is 6.07 Å². The number of ether oxygens (including phenoxy) is 1. The van der Waals surface area contributed by atoms with Crippen LogP contribution in [0.4, 0.5) is 4.39 Å². The lowest BCUT2D eigenvalue weighted by molar-refractivity contribution is -0.0728. The number of halogens is 1. The van der Waals surface area contributed by atoms with E-state index >= 15 is 0 Å². The van der Waals surface area contributed by atoms with Gasteiger partial charge in [-0.3, -0.25) is 9.69 Å². The summed E-state index contributed by atoms with van der Waals surface area (Å²) < 4.78 is 46.9. The van der Waals surface area contributed by atoms with Gasteiger partial charge in [0.2, 0.25) is 10.0 Å². The quantitative estimate of drug-likeness (QED) is 0.731. The smallest absolute Gasteiger partial charge is 0.256 e. The van der Waals surface area contributed by atoms with Crippen LogP contribution in [0.5, 0.6) is 0 Å². The van der Waals surface area contributed by atoms with E-state index in [9.17, 15) is 17.6 Å². The van der Waals surface area contributed by atoms with E-state index < -0.39 is 21.7 Å². The van der Waals surface area contributed by atoms with E-state index in [0.717, 1.165) is 44.6 Å². The first-order valence-corrected chi connectivity index (χ1v) is 12.1. The van der Waals surface area contributed by atoms with E-state index in [1.54, 1.807) is 11.8 Å². The van der Waals surface area contributed by atoms with E-state index in [2.05, 4.69) is 23.5 Å². The second-order valence-corrected chi connectivity index (χ2v) is 10.1. The minimum absolute atomic E-state index is 0.0976. The summed E-state index contributed by atoms with van der Waals surface area (Å²) in [7, 11) is -3.75. The van der Waals surface area contributed by atoms with Gasteiger partial charge in [0.25, 0.3) is 5.91 Å². The summed E-state index contributed by atoms with van der Waals surface area (Å²) in [6, 6.07) is 3.36. The van der Waals surface area contributed by atoms with Crippen molar-refractivity contribution >= 4 is 15.9 Å². The van der Waals surface area contributed by atoms with Crippen molar-refractivity contribution in [3.05, 3.63) is 29.6 Å². The number of carbonyl (C=O) groups is 1. The summed E-state index contributed by atoms with van der Waals surface area (Å²) in [5.41, 5.74) is -0.191. The fraction of sp³-hybridized carbons (Fsp3) is 0.667. The Bertz CT molecular complexity index is 846. The fourth-order valence-electron chi connectivity index (χ4n) is 4.40. The molecule has 3 rings (SSSR count). The predicted octanol–water partition coefficient (Wildman–Crippen LogP) is 2.09. The molecule has 1 amide bonds. The SMILES string of the molecule is CCNS(=O)(=O)c1ccc(F)c(C(=O)N2CCC(CN3CC(C)OC(C)C3)CC2)c1. The highest BCUT2D eigenvalue weighted by Crippen LogP contribution is 2.24. The van der Waals surface area contributed by atoms with Crippen molar-refractivity contribution in [2.75, 3.05) is 39.3 Å². The standard InChI is InChI=1S/C21H32FN3O4S/c1-4-23-30(27,28)18-5-6-20(22)19(11-18)21(26)25-9-7-17(8-10-25)14-24-12-15(2)29-16(3)13-24/h5-6,11,15-17,23H,4,7-10,12-14H2,1-3H3. The number of benzene rings is 1. The second-order valence-electron chi connectivity index (χ2n) is 8.35. The van der Waals surface area contributed by atoms with Gasteiger partial charge >= 0.3 is 0 Å². The van der Waals surface area contributed by atoms with Gasteiger partial charge in [-0.05, 0) is 50.8 Å². The number of nitrogens with one attached hydrogen (secondary N) is 1. The molecular formula is C21H32FN3O4S. The monoisotopic (exact) mass is 441 g/mol. The molecule has 2 heterocycles. The molecule has 168 valence electrons. The maximum atomic E-state index is 14.3. The van der Waals surface area contributed by atoms with Gasteiger partial charge in [0, 0.05) is 39.3 Å². The van der Waals surface area contributed by atoms with Gasteiger partial charge in [0.15, 0.2) is 0 Å². The highest BCUT2D eigenvalue weighted by Gasteiger charge is 2.29. The average Bonchev–Trinajstić information content (AvgIpc) is 2.67. The maximum absolute atomic E-state index is 14.3. The molecule has 0 spiro atoms. The molecule has 2 fully saturated rings. The highest BCUT2D eigenvalue weighted by atomic mass is 32.2. The van der Waals surface area contributed by atoms with E-state index in [-0.39, 0.29) is 29.2 Å². The molecule has 1 aromatic rings. The van der Waals surface area contributed by atoms with E-state index in [4.69, 9.17) is 4.74 Å². The third kappa shape index (κ3) is 5.57. The number of amides is 1. The largest absolute Gasteiger partial charge is 0.373 e. The molecule has 2 saturated heterocycles. The number of nitrogens with zero attached hydrogens (tertiary/aromatic N) is 2. The number of sulfonamides is 1. The Kier molecular flexibility index (Phi) is 7.49. The van der Waals surface area contributed by atoms with Gasteiger partial charge in [-0.2, -0.15) is 0 Å². The number of hydrogen-bond donors (Lipinski definition) is 1. The summed E-state index contributed by atoms with van der Waals surface area (Å²) in [6.07, 6.45) is 2.15. The Morgan fingerprint density at radius 3 is 2.43 bits per heavy atom. The van der Waals surface area contributed by atoms with Crippen LogP contribution in [-0.4, -0.2) is 75.6 Å². The van der Waals surface area contributed by atoms with E-state index in [0.29, 0.717) is 19.0 Å². The molecule has 0 bridgehead atoms. The summed E-state index contributed by atoms with van der Waals surface area (Å²) in [5, 5.41) is 0. The molecule has 2 aliphatic rings. The van der Waals surface area contributed by atoms with Crippen LogP contribution in [0.1, 0.15) is 44.0 Å². The van der Waals surface area contributed by atoms with Crippen molar-refractivity contribution in [1.82, 2.24) is 14.5 Å². The average molecular weight is 442 g/mol. The van der Waals surface area contributed by atoms with Crippen LogP contribution in [0.2, 0.25) is 0 Å². The Morgan fingerprint density at radius 1 is 1.20 bits per heavy atom. The lowest BCUT2D eigenvalue weighted by Crippen LogP contribution is -2.48. The molecule has 1 aromatic carbocycles.